The second-order valence-corrected chi connectivity index (χ2v) is 10.7. The zero-order valence-electron chi connectivity index (χ0n) is 21.9. The number of aromatic nitrogens is 4. The zero-order valence-corrected chi connectivity index (χ0v) is 21.9. The van der Waals surface area contributed by atoms with E-state index < -0.39 is 6.09 Å². The highest BCUT2D eigenvalue weighted by Crippen LogP contribution is 2.37. The summed E-state index contributed by atoms with van der Waals surface area (Å²) < 4.78 is 8.98. The first-order valence-corrected chi connectivity index (χ1v) is 12.5. The highest BCUT2D eigenvalue weighted by molar-refractivity contribution is 6.03. The van der Waals surface area contributed by atoms with E-state index in [1.54, 1.807) is 35.1 Å². The fourth-order valence-electron chi connectivity index (χ4n) is 4.41. The quantitative estimate of drug-likeness (QED) is 0.450. The lowest BCUT2D eigenvalue weighted by atomic mass is 10.0. The highest BCUT2D eigenvalue weighted by Gasteiger charge is 2.32. The van der Waals surface area contributed by atoms with E-state index in [9.17, 15) is 14.4 Å². The Balaban J connectivity index is 1.48. The molecule has 0 unspecified atom stereocenters. The predicted molar refractivity (Wildman–Crippen MR) is 139 cm³/mol. The molecular formula is C27H34N6O4. The van der Waals surface area contributed by atoms with Gasteiger partial charge in [0.1, 0.15) is 18.2 Å². The molecule has 37 heavy (non-hydrogen) atoms. The van der Waals surface area contributed by atoms with Gasteiger partial charge in [0.25, 0.3) is 5.91 Å². The van der Waals surface area contributed by atoms with Crippen LogP contribution in [0, 0.1) is 0 Å². The Bertz CT molecular complexity index is 1270. The molecule has 2 aromatic heterocycles. The molecule has 10 nitrogen and oxygen atoms in total. The lowest BCUT2D eigenvalue weighted by molar-refractivity contribution is 0.0979. The van der Waals surface area contributed by atoms with Crippen molar-refractivity contribution in [2.45, 2.75) is 77.5 Å². The molecule has 10 heteroatoms. The fourth-order valence-corrected chi connectivity index (χ4v) is 4.41. The average molecular weight is 507 g/mol. The van der Waals surface area contributed by atoms with Crippen molar-refractivity contribution >= 4 is 24.1 Å². The van der Waals surface area contributed by atoms with Crippen LogP contribution in [0.1, 0.15) is 86.2 Å². The van der Waals surface area contributed by atoms with Crippen molar-refractivity contribution in [1.29, 1.82) is 0 Å². The molecule has 2 amide bonds. The minimum atomic E-state index is -0.394. The maximum absolute atomic E-state index is 13.1. The number of benzene rings is 1. The molecule has 2 N–H and O–H groups in total. The van der Waals surface area contributed by atoms with E-state index in [0.717, 1.165) is 30.5 Å². The maximum Gasteiger partial charge on any atom is 0.407 e. The molecule has 1 aliphatic carbocycles. The minimum Gasteiger partial charge on any atom is -0.446 e. The zero-order chi connectivity index (χ0) is 26.7. The van der Waals surface area contributed by atoms with E-state index in [-0.39, 0.29) is 29.5 Å². The molecular weight excluding hydrogens is 472 g/mol. The number of hydrogen-bond acceptors (Lipinski definition) is 6. The van der Waals surface area contributed by atoms with Crippen LogP contribution in [0.3, 0.4) is 0 Å². The number of nitrogens with zero attached hydrogens (tertiary/aromatic N) is 4. The van der Waals surface area contributed by atoms with E-state index in [2.05, 4.69) is 15.7 Å². The monoisotopic (exact) mass is 506 g/mol. The molecule has 4 rings (SSSR count). The number of nitrogens with one attached hydrogen (secondary N) is 2. The van der Waals surface area contributed by atoms with Crippen molar-refractivity contribution in [2.24, 2.45) is 0 Å². The average Bonchev–Trinajstić information content (AvgIpc) is 3.58. The maximum atomic E-state index is 13.1. The van der Waals surface area contributed by atoms with Gasteiger partial charge in [-0.25, -0.2) is 14.2 Å². The van der Waals surface area contributed by atoms with Crippen LogP contribution in [0.4, 0.5) is 10.6 Å². The van der Waals surface area contributed by atoms with E-state index in [0.29, 0.717) is 23.4 Å². The van der Waals surface area contributed by atoms with Crippen molar-refractivity contribution in [3.8, 4) is 5.69 Å². The normalized spacial score (nSPS) is 17.6. The van der Waals surface area contributed by atoms with Gasteiger partial charge < -0.3 is 15.4 Å². The molecule has 2 heterocycles. The minimum absolute atomic E-state index is 0.0217. The number of carbonyl (C=O) groups is 3. The van der Waals surface area contributed by atoms with Crippen LogP contribution in [0.5, 0.6) is 0 Å². The summed E-state index contributed by atoms with van der Waals surface area (Å²) in [5, 5.41) is 14.9. The Labute approximate surface area is 216 Å². The summed E-state index contributed by atoms with van der Waals surface area (Å²) in [7, 11) is 0. The second-order valence-electron chi connectivity index (χ2n) is 10.7. The first-order valence-electron chi connectivity index (χ1n) is 12.5. The second kappa shape index (κ2) is 10.6. The lowest BCUT2D eigenvalue weighted by Gasteiger charge is -2.22. The number of aldehydes is 1. The van der Waals surface area contributed by atoms with Crippen molar-refractivity contribution in [2.75, 3.05) is 5.32 Å². The molecule has 1 fully saturated rings. The summed E-state index contributed by atoms with van der Waals surface area (Å²) in [4.78, 5) is 36.0. The standard InChI is InChI=1S/C27H34N6O4/c1-17(2)29-26(36)37-22-11-8-19(12-22)23-13-24(33(31-23)27(3,4)5)30-25(35)20-14-28-32(15-20)21-9-6-18(16-34)7-10-21/h6-7,9-10,13-17,19,22H,8,11-12H2,1-5H3,(H,29,36)(H,30,35)/t19-,22+/m0/s1. The fraction of sp³-hybridized carbons (Fsp3) is 0.444. The van der Waals surface area contributed by atoms with E-state index in [1.807, 2.05) is 45.4 Å². The third-order valence-corrected chi connectivity index (χ3v) is 6.23. The molecule has 2 atom stereocenters. The Hall–Kier alpha value is -3.95. The third-order valence-electron chi connectivity index (χ3n) is 6.23. The summed E-state index contributed by atoms with van der Waals surface area (Å²) in [5.74, 6) is 0.427. The Morgan fingerprint density at radius 1 is 1.16 bits per heavy atom. The number of ether oxygens (including phenoxy) is 1. The predicted octanol–water partition coefficient (Wildman–Crippen LogP) is 4.66. The number of alkyl carbamates (subject to hydrolysis) is 1. The van der Waals surface area contributed by atoms with Crippen LogP contribution in [0.15, 0.2) is 42.7 Å². The number of amides is 2. The van der Waals surface area contributed by atoms with Crippen LogP contribution < -0.4 is 10.6 Å². The largest absolute Gasteiger partial charge is 0.446 e. The van der Waals surface area contributed by atoms with Gasteiger partial charge in [-0.2, -0.15) is 10.2 Å². The van der Waals surface area contributed by atoms with Crippen molar-refractivity contribution < 1.29 is 19.1 Å². The van der Waals surface area contributed by atoms with E-state index in [4.69, 9.17) is 9.84 Å². The molecule has 0 spiro atoms. The van der Waals surface area contributed by atoms with Crippen LogP contribution in [0.2, 0.25) is 0 Å². The molecule has 0 radical (unpaired) electrons. The molecule has 1 saturated carbocycles. The topological polar surface area (TPSA) is 120 Å². The van der Waals surface area contributed by atoms with Gasteiger partial charge in [-0.05, 0) is 78.1 Å². The smallest absolute Gasteiger partial charge is 0.407 e. The summed E-state index contributed by atoms with van der Waals surface area (Å²) in [5.41, 5.74) is 2.21. The van der Waals surface area contributed by atoms with Gasteiger partial charge in [-0.1, -0.05) is 0 Å². The molecule has 1 aliphatic rings. The molecule has 0 saturated heterocycles. The van der Waals surface area contributed by atoms with Gasteiger partial charge >= 0.3 is 6.09 Å². The third kappa shape index (κ3) is 6.25. The first-order chi connectivity index (χ1) is 17.5. The molecule has 0 bridgehead atoms. The molecule has 196 valence electrons. The summed E-state index contributed by atoms with van der Waals surface area (Å²) in [6.07, 6.45) is 5.68. The Morgan fingerprint density at radius 3 is 2.54 bits per heavy atom. The Morgan fingerprint density at radius 2 is 1.89 bits per heavy atom. The van der Waals surface area contributed by atoms with E-state index in [1.165, 1.54) is 6.20 Å². The van der Waals surface area contributed by atoms with Gasteiger partial charge in [0.2, 0.25) is 0 Å². The Kier molecular flexibility index (Phi) is 7.47. The van der Waals surface area contributed by atoms with Gasteiger partial charge in [-0.3, -0.25) is 9.59 Å². The van der Waals surface area contributed by atoms with Crippen LogP contribution >= 0.6 is 0 Å². The number of hydrogen-bond donors (Lipinski definition) is 2. The lowest BCUT2D eigenvalue weighted by Crippen LogP contribution is -2.33. The highest BCUT2D eigenvalue weighted by atomic mass is 16.6. The first kappa shape index (κ1) is 26.1. The van der Waals surface area contributed by atoms with Crippen molar-refractivity contribution in [3.05, 3.63) is 59.5 Å². The summed E-state index contributed by atoms with van der Waals surface area (Å²) in [6, 6.07) is 8.86. The SMILES string of the molecule is CC(C)NC(=O)O[C@@H]1CC[C@H](c2cc(NC(=O)c3cnn(-c4ccc(C=O)cc4)c3)n(C(C)(C)C)n2)C1. The van der Waals surface area contributed by atoms with Gasteiger partial charge in [0.05, 0.1) is 28.7 Å². The number of anilines is 1. The van der Waals surface area contributed by atoms with Gasteiger partial charge in [0, 0.05) is 29.8 Å². The summed E-state index contributed by atoms with van der Waals surface area (Å²) >= 11 is 0. The molecule has 3 aromatic rings. The van der Waals surface area contributed by atoms with Gasteiger partial charge in [0.15, 0.2) is 0 Å². The summed E-state index contributed by atoms with van der Waals surface area (Å²) in [6.45, 7) is 9.86. The molecule has 1 aromatic carbocycles. The number of rotatable bonds is 7. The molecule has 0 aliphatic heterocycles. The van der Waals surface area contributed by atoms with Crippen molar-refractivity contribution in [1.82, 2.24) is 24.9 Å². The van der Waals surface area contributed by atoms with E-state index >= 15 is 0 Å². The van der Waals surface area contributed by atoms with Crippen LogP contribution in [-0.4, -0.2) is 50.0 Å². The van der Waals surface area contributed by atoms with Gasteiger partial charge in [-0.15, -0.1) is 0 Å². The van der Waals surface area contributed by atoms with Crippen LogP contribution in [0.25, 0.3) is 5.69 Å². The number of carbonyl (C=O) groups excluding carboxylic acids is 3. The van der Waals surface area contributed by atoms with Crippen LogP contribution in [-0.2, 0) is 10.3 Å². The van der Waals surface area contributed by atoms with Crippen molar-refractivity contribution in [3.63, 3.8) is 0 Å².